The van der Waals surface area contributed by atoms with Crippen LogP contribution in [0.4, 0.5) is 0 Å². The molecule has 0 saturated heterocycles. The molecule has 0 radical (unpaired) electrons. The molecule has 0 spiro atoms. The van der Waals surface area contributed by atoms with Crippen LogP contribution in [0, 0.1) is 0 Å². The van der Waals surface area contributed by atoms with Crippen LogP contribution in [0.5, 0.6) is 0 Å². The van der Waals surface area contributed by atoms with E-state index >= 15 is 0 Å². The molecule has 200 valence electrons. The highest BCUT2D eigenvalue weighted by Gasteiger charge is 1.96. The number of nitrogens with zero attached hydrogens (tertiary/aromatic N) is 1. The Labute approximate surface area is 206 Å². The molecule has 0 bridgehead atoms. The number of ether oxygens (including phenoxy) is 5. The van der Waals surface area contributed by atoms with Gasteiger partial charge in [0, 0.05) is 13.2 Å². The molecule has 6 heteroatoms. The van der Waals surface area contributed by atoms with Gasteiger partial charge in [-0.05, 0) is 20.5 Å². The maximum Gasteiger partial charge on any atom is 0.0701 e. The van der Waals surface area contributed by atoms with E-state index in [0.717, 1.165) is 19.8 Å². The van der Waals surface area contributed by atoms with Crippen LogP contribution in [0.1, 0.15) is 90.4 Å². The summed E-state index contributed by atoms with van der Waals surface area (Å²) in [6.45, 7) is 9.78. The van der Waals surface area contributed by atoms with Gasteiger partial charge in [-0.3, -0.25) is 0 Å². The highest BCUT2D eigenvalue weighted by molar-refractivity contribution is 4.49. The van der Waals surface area contributed by atoms with Gasteiger partial charge in [0.2, 0.25) is 0 Å². The van der Waals surface area contributed by atoms with E-state index in [1.165, 1.54) is 83.5 Å². The lowest BCUT2D eigenvalue weighted by molar-refractivity contribution is -0.0118. The van der Waals surface area contributed by atoms with E-state index in [9.17, 15) is 0 Å². The summed E-state index contributed by atoms with van der Waals surface area (Å²) in [5.41, 5.74) is 0. The minimum atomic E-state index is 0.594. The standard InChI is InChI=1S/C27H57NO5/c1-4-5-6-7-8-9-10-11-12-13-14-15-16-18-29-20-22-31-24-26-33-27-25-32-23-21-30-19-17-28(2)3/h4-27H2,1-3H3. The summed E-state index contributed by atoms with van der Waals surface area (Å²) in [6, 6.07) is 0. The van der Waals surface area contributed by atoms with Crippen LogP contribution in [0.15, 0.2) is 0 Å². The van der Waals surface area contributed by atoms with Crippen LogP contribution in [-0.2, 0) is 23.7 Å². The fraction of sp³-hybridized carbons (Fsp3) is 1.00. The van der Waals surface area contributed by atoms with Gasteiger partial charge in [-0.25, -0.2) is 0 Å². The Morgan fingerprint density at radius 3 is 1.03 bits per heavy atom. The van der Waals surface area contributed by atoms with E-state index in [2.05, 4.69) is 11.8 Å². The molecule has 33 heavy (non-hydrogen) atoms. The zero-order chi connectivity index (χ0) is 24.1. The lowest BCUT2D eigenvalue weighted by atomic mass is 10.0. The monoisotopic (exact) mass is 475 g/mol. The van der Waals surface area contributed by atoms with Crippen molar-refractivity contribution in [2.24, 2.45) is 0 Å². The number of hydrogen-bond acceptors (Lipinski definition) is 6. The molecule has 0 unspecified atom stereocenters. The first-order valence-corrected chi connectivity index (χ1v) is 13.8. The molecule has 6 nitrogen and oxygen atoms in total. The van der Waals surface area contributed by atoms with E-state index in [0.29, 0.717) is 52.9 Å². The lowest BCUT2D eigenvalue weighted by Crippen LogP contribution is -2.19. The van der Waals surface area contributed by atoms with Gasteiger partial charge >= 0.3 is 0 Å². The third-order valence-electron chi connectivity index (χ3n) is 5.56. The number of hydrogen-bond donors (Lipinski definition) is 0. The van der Waals surface area contributed by atoms with Gasteiger partial charge in [-0.1, -0.05) is 84.0 Å². The van der Waals surface area contributed by atoms with Crippen molar-refractivity contribution >= 4 is 0 Å². The van der Waals surface area contributed by atoms with Crippen LogP contribution in [0.2, 0.25) is 0 Å². The minimum Gasteiger partial charge on any atom is -0.379 e. The van der Waals surface area contributed by atoms with Crippen LogP contribution < -0.4 is 0 Å². The van der Waals surface area contributed by atoms with E-state index in [1.807, 2.05) is 14.1 Å². The highest BCUT2D eigenvalue weighted by atomic mass is 16.6. The summed E-state index contributed by atoms with van der Waals surface area (Å²) in [5.74, 6) is 0. The Balaban J connectivity index is 3.00. The molecular formula is C27H57NO5. The average molecular weight is 476 g/mol. The average Bonchev–Trinajstić information content (AvgIpc) is 2.80. The molecule has 0 rings (SSSR count). The largest absolute Gasteiger partial charge is 0.379 e. The Kier molecular flexibility index (Phi) is 29.6. The van der Waals surface area contributed by atoms with Gasteiger partial charge in [0.15, 0.2) is 0 Å². The molecule has 0 saturated carbocycles. The van der Waals surface area contributed by atoms with Crippen LogP contribution in [-0.4, -0.2) is 91.6 Å². The fourth-order valence-corrected chi connectivity index (χ4v) is 3.45. The van der Waals surface area contributed by atoms with Crippen LogP contribution >= 0.6 is 0 Å². The third-order valence-corrected chi connectivity index (χ3v) is 5.56. The summed E-state index contributed by atoms with van der Waals surface area (Å²) < 4.78 is 27.6. The SMILES string of the molecule is CCCCCCCCCCCCCCCOCCOCCOCCOCCOCCN(C)C. The van der Waals surface area contributed by atoms with E-state index < -0.39 is 0 Å². The molecule has 0 aromatic carbocycles. The topological polar surface area (TPSA) is 49.4 Å². The first-order chi connectivity index (χ1) is 16.3. The molecule has 0 N–H and O–H groups in total. The first-order valence-electron chi connectivity index (χ1n) is 13.8. The second-order valence-corrected chi connectivity index (χ2v) is 9.11. The Morgan fingerprint density at radius 1 is 0.364 bits per heavy atom. The van der Waals surface area contributed by atoms with Gasteiger partial charge in [-0.15, -0.1) is 0 Å². The third kappa shape index (κ3) is 31.8. The molecule has 0 atom stereocenters. The maximum absolute atomic E-state index is 5.65. The normalized spacial score (nSPS) is 11.6. The van der Waals surface area contributed by atoms with Gasteiger partial charge in [0.05, 0.1) is 59.5 Å². The Bertz CT molecular complexity index is 344. The van der Waals surface area contributed by atoms with Crippen molar-refractivity contribution in [3.63, 3.8) is 0 Å². The fourth-order valence-electron chi connectivity index (χ4n) is 3.45. The predicted octanol–water partition coefficient (Wildman–Crippen LogP) is 5.72. The number of rotatable bonds is 29. The number of unbranched alkanes of at least 4 members (excludes halogenated alkanes) is 12. The molecule has 0 aliphatic heterocycles. The van der Waals surface area contributed by atoms with Crippen molar-refractivity contribution in [3.05, 3.63) is 0 Å². The second-order valence-electron chi connectivity index (χ2n) is 9.11. The lowest BCUT2D eigenvalue weighted by Gasteiger charge is -2.10. The molecule has 0 amide bonds. The summed E-state index contributed by atoms with van der Waals surface area (Å²) in [7, 11) is 4.07. The molecule has 0 heterocycles. The summed E-state index contributed by atoms with van der Waals surface area (Å²) in [6.07, 6.45) is 18.0. The first kappa shape index (κ1) is 32.8. The van der Waals surface area contributed by atoms with Crippen molar-refractivity contribution in [1.82, 2.24) is 4.90 Å². The summed E-state index contributed by atoms with van der Waals surface area (Å²) >= 11 is 0. The molecular weight excluding hydrogens is 418 g/mol. The van der Waals surface area contributed by atoms with Crippen molar-refractivity contribution in [2.75, 3.05) is 86.7 Å². The molecule has 0 aromatic rings. The van der Waals surface area contributed by atoms with Crippen molar-refractivity contribution in [3.8, 4) is 0 Å². The van der Waals surface area contributed by atoms with Crippen LogP contribution in [0.3, 0.4) is 0 Å². The zero-order valence-corrected chi connectivity index (χ0v) is 22.5. The van der Waals surface area contributed by atoms with Gasteiger partial charge in [-0.2, -0.15) is 0 Å². The predicted molar refractivity (Wildman–Crippen MR) is 138 cm³/mol. The van der Waals surface area contributed by atoms with E-state index in [4.69, 9.17) is 23.7 Å². The van der Waals surface area contributed by atoms with Gasteiger partial charge in [0.1, 0.15) is 0 Å². The zero-order valence-electron chi connectivity index (χ0n) is 22.5. The van der Waals surface area contributed by atoms with Crippen molar-refractivity contribution in [1.29, 1.82) is 0 Å². The van der Waals surface area contributed by atoms with E-state index in [1.54, 1.807) is 0 Å². The quantitative estimate of drug-likeness (QED) is 0.129. The Hall–Kier alpha value is -0.240. The Morgan fingerprint density at radius 2 is 0.667 bits per heavy atom. The number of likely N-dealkylation sites (N-methyl/N-ethyl adjacent to an activating group) is 1. The molecule has 0 fully saturated rings. The summed E-state index contributed by atoms with van der Waals surface area (Å²) in [4.78, 5) is 2.10. The van der Waals surface area contributed by atoms with E-state index in [-0.39, 0.29) is 0 Å². The minimum absolute atomic E-state index is 0.594. The highest BCUT2D eigenvalue weighted by Crippen LogP contribution is 2.12. The molecule has 0 aliphatic rings. The van der Waals surface area contributed by atoms with Crippen molar-refractivity contribution in [2.45, 2.75) is 90.4 Å². The molecule has 0 aromatic heterocycles. The molecule has 0 aliphatic carbocycles. The summed E-state index contributed by atoms with van der Waals surface area (Å²) in [5, 5.41) is 0. The van der Waals surface area contributed by atoms with Gasteiger partial charge < -0.3 is 28.6 Å². The van der Waals surface area contributed by atoms with Crippen molar-refractivity contribution < 1.29 is 23.7 Å². The van der Waals surface area contributed by atoms with Gasteiger partial charge in [0.25, 0.3) is 0 Å². The van der Waals surface area contributed by atoms with Crippen LogP contribution in [0.25, 0.3) is 0 Å². The maximum atomic E-state index is 5.65. The smallest absolute Gasteiger partial charge is 0.0701 e. The second kappa shape index (κ2) is 29.8.